The fourth-order valence-electron chi connectivity index (χ4n) is 1.31. The normalized spacial score (nSPS) is 12.0. The van der Waals surface area contributed by atoms with Gasteiger partial charge in [0.05, 0.1) is 5.03 Å². The lowest BCUT2D eigenvalue weighted by molar-refractivity contribution is 0.475. The van der Waals surface area contributed by atoms with Gasteiger partial charge in [-0.25, -0.2) is 0 Å². The molecule has 0 aromatic heterocycles. The molecule has 1 aromatic rings. The first-order valence-electron chi connectivity index (χ1n) is 5.49. The Bertz CT molecular complexity index is 655. The minimum atomic E-state index is -0.0383. The Balaban J connectivity index is 3.02. The van der Waals surface area contributed by atoms with Crippen molar-refractivity contribution in [2.45, 2.75) is 13.8 Å². The number of halogens is 1. The predicted molar refractivity (Wildman–Crippen MR) is 76.2 cm³/mol. The largest absolute Gasteiger partial charge is 0.508 e. The van der Waals surface area contributed by atoms with Crippen molar-refractivity contribution >= 4 is 11.6 Å². The van der Waals surface area contributed by atoms with E-state index in [2.05, 4.69) is 11.8 Å². The molecular weight excluding hydrogens is 260 g/mol. The summed E-state index contributed by atoms with van der Waals surface area (Å²) in [7, 11) is 0. The summed E-state index contributed by atoms with van der Waals surface area (Å²) >= 11 is 5.81. The van der Waals surface area contributed by atoms with Gasteiger partial charge < -0.3 is 10.8 Å². The molecule has 3 nitrogen and oxygen atoms in total. The first-order chi connectivity index (χ1) is 8.93. The number of rotatable bonds is 1. The van der Waals surface area contributed by atoms with Gasteiger partial charge in [-0.3, -0.25) is 0 Å². The van der Waals surface area contributed by atoms with Crippen molar-refractivity contribution < 1.29 is 5.11 Å². The van der Waals surface area contributed by atoms with Crippen LogP contribution in [0.5, 0.6) is 5.75 Å². The predicted octanol–water partition coefficient (Wildman–Crippen LogP) is 2.93. The summed E-state index contributed by atoms with van der Waals surface area (Å²) in [6.45, 7) is 3.64. The average Bonchev–Trinajstić information content (AvgIpc) is 2.36. The lowest BCUT2D eigenvalue weighted by Crippen LogP contribution is -1.94. The van der Waals surface area contributed by atoms with E-state index in [0.717, 1.165) is 11.1 Å². The third-order valence-electron chi connectivity index (χ3n) is 2.33. The van der Waals surface area contributed by atoms with E-state index in [9.17, 15) is 5.11 Å². The molecule has 1 rings (SSSR count). The molecule has 0 spiro atoms. The minimum absolute atomic E-state index is 0.0383. The number of allylic oxidation sites excluding steroid dienone is 4. The lowest BCUT2D eigenvalue weighted by atomic mass is 10.1. The molecule has 0 aliphatic carbocycles. The second-order valence-electron chi connectivity index (χ2n) is 3.95. The summed E-state index contributed by atoms with van der Waals surface area (Å²) in [6.07, 6.45) is 1.54. The Hall–Kier alpha value is -2.36. The topological polar surface area (TPSA) is 70.0 Å². The molecule has 0 saturated carbocycles. The van der Waals surface area contributed by atoms with Gasteiger partial charge in [0.2, 0.25) is 0 Å². The van der Waals surface area contributed by atoms with Crippen molar-refractivity contribution in [3.8, 4) is 23.7 Å². The smallest absolute Gasteiger partial charge is 0.129 e. The number of nitrogens with zero attached hydrogens (tertiary/aromatic N) is 1. The van der Waals surface area contributed by atoms with Crippen LogP contribution < -0.4 is 5.73 Å². The second kappa shape index (κ2) is 6.54. The summed E-state index contributed by atoms with van der Waals surface area (Å²) in [5.41, 5.74) is 7.74. The highest BCUT2D eigenvalue weighted by Gasteiger charge is 1.97. The fourth-order valence-corrected chi connectivity index (χ4v) is 1.52. The van der Waals surface area contributed by atoms with Crippen LogP contribution in [0.15, 0.2) is 40.6 Å². The summed E-state index contributed by atoms with van der Waals surface area (Å²) in [4.78, 5) is 0. The molecule has 0 heterocycles. The molecule has 96 valence electrons. The van der Waals surface area contributed by atoms with Crippen molar-refractivity contribution in [2.24, 2.45) is 5.73 Å². The Kier molecular flexibility index (Phi) is 5.06. The van der Waals surface area contributed by atoms with Gasteiger partial charge in [-0.1, -0.05) is 23.4 Å². The van der Waals surface area contributed by atoms with E-state index in [-0.39, 0.29) is 16.5 Å². The Morgan fingerprint density at radius 3 is 2.74 bits per heavy atom. The molecule has 0 bridgehead atoms. The Morgan fingerprint density at radius 2 is 2.16 bits per heavy atom. The van der Waals surface area contributed by atoms with Crippen molar-refractivity contribution in [3.63, 3.8) is 0 Å². The van der Waals surface area contributed by atoms with Gasteiger partial charge in [-0.2, -0.15) is 5.26 Å². The van der Waals surface area contributed by atoms with Gasteiger partial charge in [0, 0.05) is 11.1 Å². The zero-order chi connectivity index (χ0) is 14.4. The number of aromatic hydroxyl groups is 1. The zero-order valence-electron chi connectivity index (χ0n) is 10.7. The van der Waals surface area contributed by atoms with Crippen LogP contribution in [0.1, 0.15) is 18.1 Å². The fraction of sp³-hybridized carbons (Fsp3) is 0.133. The summed E-state index contributed by atoms with van der Waals surface area (Å²) in [6, 6.07) is 6.73. The van der Waals surface area contributed by atoms with Gasteiger partial charge in [-0.15, -0.1) is 0 Å². The van der Waals surface area contributed by atoms with E-state index in [1.54, 1.807) is 37.3 Å². The number of hydrogen-bond acceptors (Lipinski definition) is 3. The molecule has 0 saturated heterocycles. The van der Waals surface area contributed by atoms with E-state index >= 15 is 0 Å². The molecule has 0 aliphatic heterocycles. The van der Waals surface area contributed by atoms with Crippen molar-refractivity contribution in [1.29, 1.82) is 5.26 Å². The van der Waals surface area contributed by atoms with Gasteiger partial charge in [0.15, 0.2) is 0 Å². The molecular formula is C15H13ClN2O. The molecule has 3 N–H and O–H groups in total. The highest BCUT2D eigenvalue weighted by atomic mass is 35.5. The molecule has 0 unspecified atom stereocenters. The number of aryl methyl sites for hydroxylation is 1. The molecule has 0 fully saturated rings. The van der Waals surface area contributed by atoms with Crippen LogP contribution in [0.3, 0.4) is 0 Å². The maximum atomic E-state index is 9.29. The highest BCUT2D eigenvalue weighted by molar-refractivity contribution is 6.31. The average molecular weight is 273 g/mol. The summed E-state index contributed by atoms with van der Waals surface area (Å²) in [5.74, 6) is 6.09. The minimum Gasteiger partial charge on any atom is -0.508 e. The Labute approximate surface area is 117 Å². The first kappa shape index (κ1) is 14.7. The van der Waals surface area contributed by atoms with Crippen LogP contribution in [0, 0.1) is 30.1 Å². The van der Waals surface area contributed by atoms with Crippen LogP contribution in [-0.4, -0.2) is 5.11 Å². The van der Waals surface area contributed by atoms with Crippen LogP contribution in [0.25, 0.3) is 0 Å². The monoisotopic (exact) mass is 272 g/mol. The van der Waals surface area contributed by atoms with Crippen molar-refractivity contribution in [3.05, 3.63) is 51.7 Å². The van der Waals surface area contributed by atoms with Crippen LogP contribution in [0.2, 0.25) is 0 Å². The van der Waals surface area contributed by atoms with Gasteiger partial charge in [-0.05, 0) is 43.7 Å². The number of nitriles is 1. The van der Waals surface area contributed by atoms with Gasteiger partial charge in [0.25, 0.3) is 0 Å². The standard InChI is InChI=1S/C15H13ClN2O/c1-10(7-14(16)15(18)9-17)3-4-12-5-6-13(19)8-11(12)2/h5-8,19H,18H2,1-2H3/b10-7+,15-14+. The summed E-state index contributed by atoms with van der Waals surface area (Å²) < 4.78 is 0. The van der Waals surface area contributed by atoms with Crippen LogP contribution in [0.4, 0.5) is 0 Å². The molecule has 19 heavy (non-hydrogen) atoms. The number of benzene rings is 1. The molecule has 1 aromatic carbocycles. The number of hydrogen-bond donors (Lipinski definition) is 2. The number of nitrogens with two attached hydrogens (primary N) is 1. The third-order valence-corrected chi connectivity index (χ3v) is 2.64. The third kappa shape index (κ3) is 4.43. The highest BCUT2D eigenvalue weighted by Crippen LogP contribution is 2.15. The maximum Gasteiger partial charge on any atom is 0.129 e. The first-order valence-corrected chi connectivity index (χ1v) is 5.87. The van der Waals surface area contributed by atoms with Crippen LogP contribution in [-0.2, 0) is 0 Å². The molecule has 0 amide bonds. The molecule has 4 heteroatoms. The van der Waals surface area contributed by atoms with Crippen molar-refractivity contribution in [1.82, 2.24) is 0 Å². The summed E-state index contributed by atoms with van der Waals surface area (Å²) in [5, 5.41) is 18.1. The maximum absolute atomic E-state index is 9.29. The quantitative estimate of drug-likeness (QED) is 0.469. The molecule has 0 aliphatic rings. The van der Waals surface area contributed by atoms with Crippen LogP contribution >= 0.6 is 11.6 Å². The second-order valence-corrected chi connectivity index (χ2v) is 4.36. The van der Waals surface area contributed by atoms with Gasteiger partial charge >= 0.3 is 0 Å². The number of phenols is 1. The van der Waals surface area contributed by atoms with Crippen molar-refractivity contribution in [2.75, 3.05) is 0 Å². The zero-order valence-corrected chi connectivity index (χ0v) is 11.4. The van der Waals surface area contributed by atoms with E-state index in [4.69, 9.17) is 22.6 Å². The molecule has 0 radical (unpaired) electrons. The van der Waals surface area contributed by atoms with E-state index < -0.39 is 0 Å². The SMILES string of the molecule is C/C(C#Cc1ccc(O)cc1C)=C\C(Cl)=C(/N)C#N. The number of phenolic OH excluding ortho intramolecular Hbond substituents is 1. The van der Waals surface area contributed by atoms with Gasteiger partial charge in [0.1, 0.15) is 17.5 Å². The van der Waals surface area contributed by atoms with E-state index in [0.29, 0.717) is 5.57 Å². The van der Waals surface area contributed by atoms with E-state index in [1.165, 1.54) is 0 Å². The Morgan fingerprint density at radius 1 is 1.47 bits per heavy atom. The molecule has 0 atom stereocenters. The van der Waals surface area contributed by atoms with E-state index in [1.807, 2.05) is 6.92 Å². The lowest BCUT2D eigenvalue weighted by Gasteiger charge is -1.98.